The summed E-state index contributed by atoms with van der Waals surface area (Å²) in [5.74, 6) is 4.00. The van der Waals surface area contributed by atoms with Crippen LogP contribution in [0.1, 0.15) is 18.4 Å². The van der Waals surface area contributed by atoms with Gasteiger partial charge in [0.25, 0.3) is 0 Å². The van der Waals surface area contributed by atoms with Crippen LogP contribution in [0.4, 0.5) is 4.39 Å². The molecule has 1 aromatic rings. The summed E-state index contributed by atoms with van der Waals surface area (Å²) in [6.45, 7) is 1.62. The highest BCUT2D eigenvalue weighted by Crippen LogP contribution is 2.23. The summed E-state index contributed by atoms with van der Waals surface area (Å²) in [6.07, 6.45) is 0. The summed E-state index contributed by atoms with van der Waals surface area (Å²) in [5, 5.41) is 0.963. The predicted molar refractivity (Wildman–Crippen MR) is 59.5 cm³/mol. The number of hydrazine groups is 1. The Hall–Kier alpha value is -0.940. The van der Waals surface area contributed by atoms with Crippen molar-refractivity contribution < 1.29 is 9.18 Å². The topological polar surface area (TPSA) is 46.3 Å². The van der Waals surface area contributed by atoms with Crippen LogP contribution in [0.2, 0.25) is 0 Å². The van der Waals surface area contributed by atoms with Crippen molar-refractivity contribution in [2.24, 2.45) is 5.84 Å². The molecule has 3 nitrogen and oxygen atoms in total. The van der Waals surface area contributed by atoms with E-state index in [1.807, 2.05) is 0 Å². The van der Waals surface area contributed by atoms with Crippen LogP contribution in [0.15, 0.2) is 22.7 Å². The lowest BCUT2D eigenvalue weighted by atomic mass is 10.00. The van der Waals surface area contributed by atoms with Gasteiger partial charge in [-0.3, -0.25) is 9.80 Å². The fourth-order valence-electron chi connectivity index (χ4n) is 1.28. The SMILES string of the molecule is CC(C(=O)N(C)N)c1cc(Br)ccc1F. The van der Waals surface area contributed by atoms with Gasteiger partial charge in [0.15, 0.2) is 0 Å². The number of halogens is 2. The Bertz CT molecular complexity index is 382. The van der Waals surface area contributed by atoms with E-state index < -0.39 is 11.7 Å². The number of nitrogens with zero attached hydrogens (tertiary/aromatic N) is 1. The summed E-state index contributed by atoms with van der Waals surface area (Å²) >= 11 is 3.23. The fourth-order valence-corrected chi connectivity index (χ4v) is 1.66. The number of benzene rings is 1. The Labute approximate surface area is 96.2 Å². The van der Waals surface area contributed by atoms with Gasteiger partial charge in [0.2, 0.25) is 5.91 Å². The van der Waals surface area contributed by atoms with Crippen molar-refractivity contribution >= 4 is 21.8 Å². The molecule has 1 amide bonds. The van der Waals surface area contributed by atoms with Gasteiger partial charge in [-0.25, -0.2) is 10.2 Å². The number of hydrogen-bond donors (Lipinski definition) is 1. The second-order valence-electron chi connectivity index (χ2n) is 3.34. The highest BCUT2D eigenvalue weighted by atomic mass is 79.9. The Morgan fingerprint density at radius 1 is 1.60 bits per heavy atom. The number of hydrogen-bond acceptors (Lipinski definition) is 2. The van der Waals surface area contributed by atoms with E-state index in [0.29, 0.717) is 5.56 Å². The highest BCUT2D eigenvalue weighted by Gasteiger charge is 2.20. The van der Waals surface area contributed by atoms with Crippen LogP contribution >= 0.6 is 15.9 Å². The lowest BCUT2D eigenvalue weighted by Gasteiger charge is -2.17. The highest BCUT2D eigenvalue weighted by molar-refractivity contribution is 9.10. The predicted octanol–water partition coefficient (Wildman–Crippen LogP) is 2.02. The van der Waals surface area contributed by atoms with Crippen molar-refractivity contribution in [1.29, 1.82) is 0 Å². The Kier molecular flexibility index (Phi) is 3.82. The molecule has 0 aliphatic heterocycles. The van der Waals surface area contributed by atoms with E-state index in [0.717, 1.165) is 9.48 Å². The van der Waals surface area contributed by atoms with Gasteiger partial charge >= 0.3 is 0 Å². The zero-order valence-corrected chi connectivity index (χ0v) is 10.1. The minimum absolute atomic E-state index is 0.327. The quantitative estimate of drug-likeness (QED) is 0.510. The molecule has 82 valence electrons. The summed E-state index contributed by atoms with van der Waals surface area (Å²) in [5.41, 5.74) is 0.340. The molecule has 0 saturated heterocycles. The summed E-state index contributed by atoms with van der Waals surface area (Å²) in [6, 6.07) is 4.49. The average molecular weight is 275 g/mol. The number of carbonyl (C=O) groups is 1. The molecule has 1 rings (SSSR count). The van der Waals surface area contributed by atoms with Gasteiger partial charge in [-0.1, -0.05) is 15.9 Å². The molecule has 0 bridgehead atoms. The molecule has 0 aliphatic rings. The molecular weight excluding hydrogens is 263 g/mol. The monoisotopic (exact) mass is 274 g/mol. The maximum atomic E-state index is 13.4. The van der Waals surface area contributed by atoms with E-state index in [-0.39, 0.29) is 5.91 Å². The maximum absolute atomic E-state index is 13.4. The number of likely N-dealkylation sites (N-methyl/N-ethyl adjacent to an activating group) is 1. The molecule has 1 atom stereocenters. The van der Waals surface area contributed by atoms with Gasteiger partial charge in [0.05, 0.1) is 5.92 Å². The number of rotatable bonds is 2. The Morgan fingerprint density at radius 3 is 2.73 bits per heavy atom. The molecule has 0 fully saturated rings. The van der Waals surface area contributed by atoms with Gasteiger partial charge in [-0.05, 0) is 25.1 Å². The van der Waals surface area contributed by atoms with Crippen LogP contribution in [0.25, 0.3) is 0 Å². The second kappa shape index (κ2) is 4.72. The van der Waals surface area contributed by atoms with Crippen molar-refractivity contribution in [3.05, 3.63) is 34.1 Å². The molecule has 0 saturated carbocycles. The van der Waals surface area contributed by atoms with E-state index in [9.17, 15) is 9.18 Å². The van der Waals surface area contributed by atoms with Gasteiger partial charge in [0.1, 0.15) is 5.82 Å². The minimum Gasteiger partial charge on any atom is -0.283 e. The standard InChI is InChI=1S/C10H12BrFN2O/c1-6(10(15)14(2)13)8-5-7(11)3-4-9(8)12/h3-6H,13H2,1-2H3. The normalized spacial score (nSPS) is 12.3. The van der Waals surface area contributed by atoms with Crippen LogP contribution in [0, 0.1) is 5.82 Å². The summed E-state index contributed by atoms with van der Waals surface area (Å²) < 4.78 is 14.1. The molecule has 0 spiro atoms. The molecule has 5 heteroatoms. The molecule has 0 aliphatic carbocycles. The lowest BCUT2D eigenvalue weighted by molar-refractivity contribution is -0.131. The molecule has 2 N–H and O–H groups in total. The van der Waals surface area contributed by atoms with Gasteiger partial charge in [-0.2, -0.15) is 0 Å². The van der Waals surface area contributed by atoms with Crippen LogP contribution in [0.3, 0.4) is 0 Å². The molecule has 15 heavy (non-hydrogen) atoms. The van der Waals surface area contributed by atoms with Gasteiger partial charge in [-0.15, -0.1) is 0 Å². The Morgan fingerprint density at radius 2 is 2.20 bits per heavy atom. The van der Waals surface area contributed by atoms with Crippen molar-refractivity contribution in [3.63, 3.8) is 0 Å². The second-order valence-corrected chi connectivity index (χ2v) is 4.25. The molecular formula is C10H12BrFN2O. The van der Waals surface area contributed by atoms with E-state index >= 15 is 0 Å². The third kappa shape index (κ3) is 2.76. The lowest BCUT2D eigenvalue weighted by Crippen LogP contribution is -2.36. The third-order valence-corrected chi connectivity index (χ3v) is 2.64. The van der Waals surface area contributed by atoms with E-state index in [2.05, 4.69) is 15.9 Å². The maximum Gasteiger partial charge on any atom is 0.243 e. The minimum atomic E-state index is -0.586. The van der Waals surface area contributed by atoms with Crippen molar-refractivity contribution in [2.45, 2.75) is 12.8 Å². The van der Waals surface area contributed by atoms with Gasteiger partial charge in [0, 0.05) is 17.1 Å². The van der Waals surface area contributed by atoms with Gasteiger partial charge < -0.3 is 0 Å². The largest absolute Gasteiger partial charge is 0.283 e. The number of carbonyl (C=O) groups excluding carboxylic acids is 1. The van der Waals surface area contributed by atoms with E-state index in [1.165, 1.54) is 13.1 Å². The fraction of sp³-hybridized carbons (Fsp3) is 0.300. The Balaban J connectivity index is 3.05. The van der Waals surface area contributed by atoms with E-state index in [1.54, 1.807) is 19.1 Å². The van der Waals surface area contributed by atoms with Crippen LogP contribution in [0.5, 0.6) is 0 Å². The molecule has 1 unspecified atom stereocenters. The first kappa shape index (κ1) is 12.1. The molecule has 1 aromatic carbocycles. The van der Waals surface area contributed by atoms with Crippen LogP contribution in [-0.4, -0.2) is 18.0 Å². The average Bonchev–Trinajstić information content (AvgIpc) is 2.19. The molecule has 0 aromatic heterocycles. The molecule has 0 radical (unpaired) electrons. The van der Waals surface area contributed by atoms with Crippen molar-refractivity contribution in [2.75, 3.05) is 7.05 Å². The third-order valence-electron chi connectivity index (χ3n) is 2.14. The zero-order chi connectivity index (χ0) is 11.6. The van der Waals surface area contributed by atoms with Crippen LogP contribution in [-0.2, 0) is 4.79 Å². The number of amides is 1. The zero-order valence-electron chi connectivity index (χ0n) is 8.50. The first-order valence-electron chi connectivity index (χ1n) is 4.40. The smallest absolute Gasteiger partial charge is 0.243 e. The number of nitrogens with two attached hydrogens (primary N) is 1. The first-order chi connectivity index (χ1) is 6.93. The first-order valence-corrected chi connectivity index (χ1v) is 5.20. The van der Waals surface area contributed by atoms with Crippen LogP contribution < -0.4 is 5.84 Å². The van der Waals surface area contributed by atoms with E-state index in [4.69, 9.17) is 5.84 Å². The molecule has 0 heterocycles. The summed E-state index contributed by atoms with van der Waals surface area (Å²) in [7, 11) is 1.44. The summed E-state index contributed by atoms with van der Waals surface area (Å²) in [4.78, 5) is 11.5. The van der Waals surface area contributed by atoms with Crippen molar-refractivity contribution in [3.8, 4) is 0 Å². The van der Waals surface area contributed by atoms with Crippen molar-refractivity contribution in [1.82, 2.24) is 5.01 Å².